The Morgan fingerprint density at radius 2 is 2.08 bits per heavy atom. The van der Waals surface area contributed by atoms with Crippen LogP contribution in [0.15, 0.2) is 0 Å². The Morgan fingerprint density at radius 1 is 1.54 bits per heavy atom. The molecule has 4 heteroatoms. The summed E-state index contributed by atoms with van der Waals surface area (Å²) in [6.07, 6.45) is 0. The van der Waals surface area contributed by atoms with Crippen LogP contribution in [0.25, 0.3) is 0 Å². The highest BCUT2D eigenvalue weighted by Crippen LogP contribution is 2.10. The van der Waals surface area contributed by atoms with Crippen LogP contribution in [0.4, 0.5) is 0 Å². The van der Waals surface area contributed by atoms with E-state index in [1.165, 1.54) is 7.11 Å². The molecule has 0 fully saturated rings. The summed E-state index contributed by atoms with van der Waals surface area (Å²) in [6, 6.07) is 0.0830. The first-order chi connectivity index (χ1) is 6.04. The Hall–Kier alpha value is -0.610. The highest BCUT2D eigenvalue weighted by molar-refractivity contribution is 5.72. The molecular formula is C9H19NO3. The van der Waals surface area contributed by atoms with Gasteiger partial charge in [-0.1, -0.05) is 6.92 Å². The maximum atomic E-state index is 11.2. The van der Waals surface area contributed by atoms with Gasteiger partial charge in [0, 0.05) is 12.6 Å². The second kappa shape index (κ2) is 5.94. The first kappa shape index (κ1) is 12.4. The Labute approximate surface area is 79.5 Å². The topological polar surface area (TPSA) is 49.8 Å². The fourth-order valence-electron chi connectivity index (χ4n) is 1.13. The van der Waals surface area contributed by atoms with Crippen LogP contribution in [0.5, 0.6) is 0 Å². The van der Waals surface area contributed by atoms with Crippen molar-refractivity contribution in [1.82, 2.24) is 4.90 Å². The first-order valence-electron chi connectivity index (χ1n) is 4.43. The van der Waals surface area contributed by atoms with Gasteiger partial charge >= 0.3 is 5.97 Å². The van der Waals surface area contributed by atoms with Crippen LogP contribution >= 0.6 is 0 Å². The summed E-state index contributed by atoms with van der Waals surface area (Å²) in [5, 5.41) is 8.71. The molecule has 0 aromatic heterocycles. The Balaban J connectivity index is 4.07. The van der Waals surface area contributed by atoms with Crippen LogP contribution in [-0.2, 0) is 9.53 Å². The molecule has 1 N–H and O–H groups in total. The van der Waals surface area contributed by atoms with E-state index in [0.29, 0.717) is 6.54 Å². The van der Waals surface area contributed by atoms with Crippen LogP contribution in [0.1, 0.15) is 13.8 Å². The number of hydrogen-bond donors (Lipinski definition) is 1. The molecule has 0 amide bonds. The zero-order chi connectivity index (χ0) is 10.4. The van der Waals surface area contributed by atoms with Crippen molar-refractivity contribution in [2.45, 2.75) is 19.9 Å². The van der Waals surface area contributed by atoms with Crippen molar-refractivity contribution in [3.05, 3.63) is 0 Å². The number of rotatable bonds is 5. The summed E-state index contributed by atoms with van der Waals surface area (Å²) in [7, 11) is 3.26. The molecule has 0 heterocycles. The van der Waals surface area contributed by atoms with Crippen molar-refractivity contribution >= 4 is 5.97 Å². The smallest absolute Gasteiger partial charge is 0.309 e. The van der Waals surface area contributed by atoms with E-state index in [0.717, 1.165) is 0 Å². The summed E-state index contributed by atoms with van der Waals surface area (Å²) in [5.41, 5.74) is 0. The van der Waals surface area contributed by atoms with Crippen molar-refractivity contribution in [2.24, 2.45) is 5.92 Å². The minimum absolute atomic E-state index is 0.0830. The second-order valence-corrected chi connectivity index (χ2v) is 3.26. The summed E-state index contributed by atoms with van der Waals surface area (Å²) < 4.78 is 4.63. The summed E-state index contributed by atoms with van der Waals surface area (Å²) in [6.45, 7) is 4.44. The monoisotopic (exact) mass is 189 g/mol. The largest absolute Gasteiger partial charge is 0.469 e. The van der Waals surface area contributed by atoms with Gasteiger partial charge in [0.15, 0.2) is 0 Å². The van der Waals surface area contributed by atoms with Gasteiger partial charge in [-0.2, -0.15) is 0 Å². The lowest BCUT2D eigenvalue weighted by Crippen LogP contribution is -2.39. The summed E-state index contributed by atoms with van der Waals surface area (Å²) >= 11 is 0. The fraction of sp³-hybridized carbons (Fsp3) is 0.889. The van der Waals surface area contributed by atoms with E-state index in [9.17, 15) is 4.79 Å². The van der Waals surface area contributed by atoms with Crippen molar-refractivity contribution < 1.29 is 14.6 Å². The molecule has 0 aliphatic heterocycles. The molecular weight excluding hydrogens is 170 g/mol. The van der Waals surface area contributed by atoms with Crippen molar-refractivity contribution in [1.29, 1.82) is 0 Å². The fourth-order valence-corrected chi connectivity index (χ4v) is 1.13. The predicted octanol–water partition coefficient (Wildman–Crippen LogP) is 0.108. The van der Waals surface area contributed by atoms with Crippen molar-refractivity contribution in [2.75, 3.05) is 27.3 Å². The van der Waals surface area contributed by atoms with Crippen LogP contribution in [0, 0.1) is 5.92 Å². The number of aliphatic hydroxyl groups excluding tert-OH is 1. The van der Waals surface area contributed by atoms with E-state index in [4.69, 9.17) is 5.11 Å². The molecule has 0 radical (unpaired) electrons. The average molecular weight is 189 g/mol. The number of aliphatic hydroxyl groups is 1. The maximum absolute atomic E-state index is 11.2. The summed E-state index contributed by atoms with van der Waals surface area (Å²) in [4.78, 5) is 13.1. The highest BCUT2D eigenvalue weighted by Gasteiger charge is 2.23. The first-order valence-corrected chi connectivity index (χ1v) is 4.43. The number of nitrogens with zero attached hydrogens (tertiary/aromatic N) is 1. The van der Waals surface area contributed by atoms with Gasteiger partial charge < -0.3 is 14.7 Å². The van der Waals surface area contributed by atoms with Crippen LogP contribution < -0.4 is 0 Å². The second-order valence-electron chi connectivity index (χ2n) is 3.26. The molecule has 2 atom stereocenters. The van der Waals surface area contributed by atoms with Crippen LogP contribution in [0.2, 0.25) is 0 Å². The Bertz CT molecular complexity index is 161. The molecule has 13 heavy (non-hydrogen) atoms. The quantitative estimate of drug-likeness (QED) is 0.624. The number of ether oxygens (including phenoxy) is 1. The van der Waals surface area contributed by atoms with E-state index in [1.54, 1.807) is 0 Å². The van der Waals surface area contributed by atoms with E-state index in [2.05, 4.69) is 4.74 Å². The van der Waals surface area contributed by atoms with Crippen molar-refractivity contribution in [3.63, 3.8) is 0 Å². The molecule has 0 aromatic carbocycles. The molecule has 4 nitrogen and oxygen atoms in total. The SMILES string of the molecule is COC(=O)C(C)C(C)N(C)CCO. The van der Waals surface area contributed by atoms with E-state index < -0.39 is 0 Å². The number of carbonyl (C=O) groups excluding carboxylic acids is 1. The van der Waals surface area contributed by atoms with Gasteiger partial charge in [0.1, 0.15) is 0 Å². The zero-order valence-corrected chi connectivity index (χ0v) is 8.78. The van der Waals surface area contributed by atoms with Gasteiger partial charge in [-0.15, -0.1) is 0 Å². The third-order valence-corrected chi connectivity index (χ3v) is 2.44. The molecule has 2 unspecified atom stereocenters. The van der Waals surface area contributed by atoms with Gasteiger partial charge in [0.25, 0.3) is 0 Å². The minimum Gasteiger partial charge on any atom is -0.469 e. The van der Waals surface area contributed by atoms with E-state index >= 15 is 0 Å². The van der Waals surface area contributed by atoms with Gasteiger partial charge in [0.2, 0.25) is 0 Å². The van der Waals surface area contributed by atoms with Crippen molar-refractivity contribution in [3.8, 4) is 0 Å². The van der Waals surface area contributed by atoms with Gasteiger partial charge in [-0.3, -0.25) is 4.79 Å². The molecule has 0 aliphatic rings. The molecule has 0 rings (SSSR count). The molecule has 0 aliphatic carbocycles. The van der Waals surface area contributed by atoms with Gasteiger partial charge in [-0.25, -0.2) is 0 Å². The zero-order valence-electron chi connectivity index (χ0n) is 8.78. The number of carbonyl (C=O) groups is 1. The van der Waals surface area contributed by atoms with E-state index in [-0.39, 0.29) is 24.5 Å². The average Bonchev–Trinajstić information content (AvgIpc) is 2.14. The van der Waals surface area contributed by atoms with Crippen LogP contribution in [-0.4, -0.2) is 49.3 Å². The Morgan fingerprint density at radius 3 is 2.46 bits per heavy atom. The lowest BCUT2D eigenvalue weighted by atomic mass is 10.0. The molecule has 0 spiro atoms. The van der Waals surface area contributed by atoms with E-state index in [1.807, 2.05) is 25.8 Å². The number of hydrogen-bond acceptors (Lipinski definition) is 4. The Kier molecular flexibility index (Phi) is 5.66. The minimum atomic E-state index is -0.211. The standard InChI is InChI=1S/C9H19NO3/c1-7(9(12)13-4)8(2)10(3)5-6-11/h7-8,11H,5-6H2,1-4H3. The maximum Gasteiger partial charge on any atom is 0.309 e. The predicted molar refractivity (Wildman–Crippen MR) is 50.4 cm³/mol. The molecule has 0 saturated carbocycles. The number of methoxy groups -OCH3 is 1. The number of esters is 1. The molecule has 0 saturated heterocycles. The highest BCUT2D eigenvalue weighted by atomic mass is 16.5. The molecule has 0 aromatic rings. The van der Waals surface area contributed by atoms with Gasteiger partial charge in [0.05, 0.1) is 19.6 Å². The summed E-state index contributed by atoms with van der Waals surface area (Å²) in [5.74, 6) is -0.376. The lowest BCUT2D eigenvalue weighted by Gasteiger charge is -2.27. The third kappa shape index (κ3) is 3.74. The van der Waals surface area contributed by atoms with Gasteiger partial charge in [-0.05, 0) is 14.0 Å². The normalized spacial score (nSPS) is 15.5. The van der Waals surface area contributed by atoms with Crippen LogP contribution in [0.3, 0.4) is 0 Å². The lowest BCUT2D eigenvalue weighted by molar-refractivity contribution is -0.146. The third-order valence-electron chi connectivity index (χ3n) is 2.44. The number of likely N-dealkylation sites (N-methyl/N-ethyl adjacent to an activating group) is 1. The molecule has 0 bridgehead atoms. The molecule has 78 valence electrons.